The normalized spacial score (nSPS) is 15.7. The van der Waals surface area contributed by atoms with Crippen LogP contribution >= 0.6 is 0 Å². The SMILES string of the molecule is CCOC(=O)c1ccc(OCCN[C@]2(c3oc4ccccc4c3CN(CCOCCOCCOC)CCOCCOCCOC)CO2)cc1. The Morgan fingerprint density at radius 3 is 1.98 bits per heavy atom. The molecule has 49 heavy (non-hydrogen) atoms. The van der Waals surface area contributed by atoms with Crippen molar-refractivity contribution < 1.29 is 51.8 Å². The average Bonchev–Trinajstić information content (AvgIpc) is 3.82. The maximum absolute atomic E-state index is 11.9. The summed E-state index contributed by atoms with van der Waals surface area (Å²) in [5.41, 5.74) is 1.60. The number of carbonyl (C=O) groups is 1. The van der Waals surface area contributed by atoms with E-state index in [1.54, 1.807) is 45.4 Å². The van der Waals surface area contributed by atoms with E-state index in [0.29, 0.717) is 123 Å². The summed E-state index contributed by atoms with van der Waals surface area (Å²) in [6.07, 6.45) is 0. The number of methoxy groups -OCH3 is 2. The second kappa shape index (κ2) is 21.9. The summed E-state index contributed by atoms with van der Waals surface area (Å²) in [6, 6.07) is 15.0. The molecule has 13 nitrogen and oxygen atoms in total. The van der Waals surface area contributed by atoms with Gasteiger partial charge in [-0.05, 0) is 37.3 Å². The van der Waals surface area contributed by atoms with E-state index >= 15 is 0 Å². The van der Waals surface area contributed by atoms with Gasteiger partial charge in [0.25, 0.3) is 0 Å². The van der Waals surface area contributed by atoms with Crippen molar-refractivity contribution in [1.82, 2.24) is 10.2 Å². The molecule has 2 aromatic carbocycles. The van der Waals surface area contributed by atoms with E-state index in [1.807, 2.05) is 18.2 Å². The van der Waals surface area contributed by atoms with Crippen LogP contribution in [-0.4, -0.2) is 131 Å². The molecule has 2 heterocycles. The molecule has 1 aromatic heterocycles. The van der Waals surface area contributed by atoms with Crippen molar-refractivity contribution in [1.29, 1.82) is 0 Å². The number of ether oxygens (including phenoxy) is 9. The summed E-state index contributed by atoms with van der Waals surface area (Å²) in [5, 5.41) is 4.55. The number of carbonyl (C=O) groups excluding carboxylic acids is 1. The van der Waals surface area contributed by atoms with E-state index in [2.05, 4.69) is 16.3 Å². The Balaban J connectivity index is 1.35. The van der Waals surface area contributed by atoms with Crippen molar-refractivity contribution >= 4 is 16.9 Å². The Bertz CT molecular complexity index is 1330. The summed E-state index contributed by atoms with van der Waals surface area (Å²) >= 11 is 0. The molecule has 0 radical (unpaired) electrons. The fraction of sp³-hybridized carbons (Fsp3) is 0.583. The minimum absolute atomic E-state index is 0.331. The molecular formula is C36H52N2O11. The van der Waals surface area contributed by atoms with Gasteiger partial charge in [0.1, 0.15) is 17.9 Å². The maximum atomic E-state index is 11.9. The number of benzene rings is 2. The second-order valence-corrected chi connectivity index (χ2v) is 11.3. The van der Waals surface area contributed by atoms with Gasteiger partial charge in [-0.3, -0.25) is 10.2 Å². The lowest BCUT2D eigenvalue weighted by atomic mass is 10.1. The number of hydrogen-bond acceptors (Lipinski definition) is 13. The third-order valence-corrected chi connectivity index (χ3v) is 7.74. The number of rotatable bonds is 28. The Labute approximate surface area is 288 Å². The highest BCUT2D eigenvalue weighted by atomic mass is 16.6. The lowest BCUT2D eigenvalue weighted by Gasteiger charge is -2.23. The van der Waals surface area contributed by atoms with Gasteiger partial charge in [-0.25, -0.2) is 4.79 Å². The zero-order valence-electron chi connectivity index (χ0n) is 29.1. The lowest BCUT2D eigenvalue weighted by Crippen LogP contribution is -2.36. The van der Waals surface area contributed by atoms with Gasteiger partial charge >= 0.3 is 5.97 Å². The predicted molar refractivity (Wildman–Crippen MR) is 182 cm³/mol. The summed E-state index contributed by atoms with van der Waals surface area (Å²) < 4.78 is 56.4. The molecule has 0 unspecified atom stereocenters. The van der Waals surface area contributed by atoms with Gasteiger partial charge in [0.2, 0.25) is 5.72 Å². The van der Waals surface area contributed by atoms with Crippen LogP contribution in [0.1, 0.15) is 28.6 Å². The van der Waals surface area contributed by atoms with E-state index in [4.69, 9.17) is 47.0 Å². The van der Waals surface area contributed by atoms with Gasteiger partial charge < -0.3 is 47.0 Å². The first kappa shape index (κ1) is 38.7. The first-order chi connectivity index (χ1) is 24.1. The van der Waals surface area contributed by atoms with Gasteiger partial charge in [0, 0.05) is 51.3 Å². The number of para-hydroxylation sites is 1. The number of furan rings is 1. The van der Waals surface area contributed by atoms with Gasteiger partial charge in [0.05, 0.1) is 84.8 Å². The van der Waals surface area contributed by atoms with Gasteiger partial charge in [-0.2, -0.15) is 0 Å². The molecule has 0 bridgehead atoms. The van der Waals surface area contributed by atoms with Crippen LogP contribution < -0.4 is 10.1 Å². The molecule has 1 aliphatic heterocycles. The number of hydrogen-bond donors (Lipinski definition) is 1. The topological polar surface area (TPSA) is 132 Å². The monoisotopic (exact) mass is 688 g/mol. The largest absolute Gasteiger partial charge is 0.492 e. The summed E-state index contributed by atoms with van der Waals surface area (Å²) in [7, 11) is 3.31. The molecule has 1 aliphatic rings. The molecule has 0 spiro atoms. The van der Waals surface area contributed by atoms with E-state index in [-0.39, 0.29) is 5.97 Å². The van der Waals surface area contributed by atoms with Gasteiger partial charge in [-0.1, -0.05) is 18.2 Å². The molecular weight excluding hydrogens is 636 g/mol. The zero-order chi connectivity index (χ0) is 34.6. The van der Waals surface area contributed by atoms with Crippen molar-refractivity contribution in [2.75, 3.05) is 120 Å². The molecule has 3 aromatic rings. The number of nitrogens with one attached hydrogen (secondary N) is 1. The molecule has 13 heteroatoms. The number of fused-ring (bicyclic) bond motifs is 1. The van der Waals surface area contributed by atoms with Gasteiger partial charge in [-0.15, -0.1) is 0 Å². The van der Waals surface area contributed by atoms with Crippen molar-refractivity contribution in [3.8, 4) is 5.75 Å². The highest BCUT2D eigenvalue weighted by molar-refractivity contribution is 5.89. The van der Waals surface area contributed by atoms with E-state index in [0.717, 1.165) is 22.3 Å². The minimum Gasteiger partial charge on any atom is -0.492 e. The maximum Gasteiger partial charge on any atom is 0.338 e. The zero-order valence-corrected chi connectivity index (χ0v) is 29.1. The molecule has 1 fully saturated rings. The van der Waals surface area contributed by atoms with Crippen LogP contribution in [0.4, 0.5) is 0 Å². The Morgan fingerprint density at radius 1 is 0.796 bits per heavy atom. The third-order valence-electron chi connectivity index (χ3n) is 7.74. The second-order valence-electron chi connectivity index (χ2n) is 11.3. The van der Waals surface area contributed by atoms with Crippen LogP contribution in [0.25, 0.3) is 11.0 Å². The van der Waals surface area contributed by atoms with E-state index < -0.39 is 5.72 Å². The van der Waals surface area contributed by atoms with Crippen LogP contribution in [0.3, 0.4) is 0 Å². The predicted octanol–water partition coefficient (Wildman–Crippen LogP) is 3.62. The fourth-order valence-electron chi connectivity index (χ4n) is 5.10. The summed E-state index contributed by atoms with van der Waals surface area (Å²) in [6.45, 7) is 10.8. The highest BCUT2D eigenvalue weighted by Crippen LogP contribution is 2.42. The van der Waals surface area contributed by atoms with Crippen LogP contribution in [0, 0.1) is 0 Å². The first-order valence-corrected chi connectivity index (χ1v) is 16.9. The fourth-order valence-corrected chi connectivity index (χ4v) is 5.10. The molecule has 0 aliphatic carbocycles. The quantitative estimate of drug-likeness (QED) is 0.0678. The molecule has 272 valence electrons. The first-order valence-electron chi connectivity index (χ1n) is 16.9. The molecule has 1 N–H and O–H groups in total. The van der Waals surface area contributed by atoms with Crippen LogP contribution in [0.15, 0.2) is 52.9 Å². The van der Waals surface area contributed by atoms with Crippen LogP contribution in [0.2, 0.25) is 0 Å². The van der Waals surface area contributed by atoms with Crippen molar-refractivity contribution in [3.63, 3.8) is 0 Å². The van der Waals surface area contributed by atoms with Gasteiger partial charge in [0.15, 0.2) is 5.76 Å². The number of nitrogens with zero attached hydrogens (tertiary/aromatic N) is 1. The molecule has 0 saturated carbocycles. The lowest BCUT2D eigenvalue weighted by molar-refractivity contribution is 0.00837. The third kappa shape index (κ3) is 12.9. The van der Waals surface area contributed by atoms with Crippen molar-refractivity contribution in [2.45, 2.75) is 19.2 Å². The number of epoxide rings is 1. The Hall–Kier alpha value is -3.11. The van der Waals surface area contributed by atoms with Crippen molar-refractivity contribution in [2.24, 2.45) is 0 Å². The molecule has 0 amide bonds. The average molecular weight is 689 g/mol. The minimum atomic E-state index is -0.747. The molecule has 4 rings (SSSR count). The Morgan fingerprint density at radius 2 is 1.39 bits per heavy atom. The summed E-state index contributed by atoms with van der Waals surface area (Å²) in [5.74, 6) is 1.07. The van der Waals surface area contributed by atoms with E-state index in [1.165, 1.54) is 0 Å². The molecule has 1 atom stereocenters. The smallest absolute Gasteiger partial charge is 0.338 e. The molecule has 1 saturated heterocycles. The highest BCUT2D eigenvalue weighted by Gasteiger charge is 2.51. The van der Waals surface area contributed by atoms with Crippen LogP contribution in [-0.2, 0) is 50.2 Å². The standard InChI is InChI=1S/C36H52N2O11/c1-4-46-35(39)29-9-11-30(12-10-29)47-16-13-37-36(28-48-36)34-32(31-7-5-6-8-33(31)49-34)27-38(14-17-42-23-25-44-21-19-40-2)15-18-43-24-26-45-22-20-41-3/h5-12,37H,4,13-28H2,1-3H3/t36-/m1/s1. The number of esters is 1. The van der Waals surface area contributed by atoms with Crippen molar-refractivity contribution in [3.05, 3.63) is 65.4 Å². The van der Waals surface area contributed by atoms with Crippen LogP contribution in [0.5, 0.6) is 5.75 Å². The summed E-state index contributed by atoms with van der Waals surface area (Å²) in [4.78, 5) is 14.2. The van der Waals surface area contributed by atoms with E-state index in [9.17, 15) is 4.79 Å². The Kier molecular flexibility index (Phi) is 17.3.